The predicted molar refractivity (Wildman–Crippen MR) is 90.4 cm³/mol. The van der Waals surface area contributed by atoms with Gasteiger partial charge in [0.1, 0.15) is 5.75 Å². The second-order valence-corrected chi connectivity index (χ2v) is 5.89. The quantitative estimate of drug-likeness (QED) is 0.856. The number of carboxylic acid groups (broad SMARTS) is 1. The van der Waals surface area contributed by atoms with Crippen LogP contribution in [0.2, 0.25) is 0 Å². The van der Waals surface area contributed by atoms with Crippen molar-refractivity contribution in [2.75, 3.05) is 11.9 Å². The summed E-state index contributed by atoms with van der Waals surface area (Å²) in [5.74, 6) is -0.739. The van der Waals surface area contributed by atoms with Crippen LogP contribution in [-0.2, 0) is 28.9 Å². The highest BCUT2D eigenvalue weighted by molar-refractivity contribution is 5.92. The summed E-state index contributed by atoms with van der Waals surface area (Å²) < 4.78 is 5.11. The van der Waals surface area contributed by atoms with Crippen molar-refractivity contribution in [3.63, 3.8) is 0 Å². The van der Waals surface area contributed by atoms with Crippen molar-refractivity contribution >= 4 is 17.6 Å². The third-order valence-corrected chi connectivity index (χ3v) is 4.01. The minimum atomic E-state index is -1.04. The van der Waals surface area contributed by atoms with Gasteiger partial charge in [0.15, 0.2) is 6.61 Å². The monoisotopic (exact) mass is 325 g/mol. The van der Waals surface area contributed by atoms with Gasteiger partial charge < -0.3 is 15.2 Å². The Balaban J connectivity index is 1.60. The van der Waals surface area contributed by atoms with Gasteiger partial charge in [-0.1, -0.05) is 24.3 Å². The molecule has 2 aromatic carbocycles. The van der Waals surface area contributed by atoms with Gasteiger partial charge in [0.05, 0.1) is 6.42 Å². The van der Waals surface area contributed by atoms with Gasteiger partial charge in [0, 0.05) is 11.8 Å². The molecular formula is C19H19NO4. The van der Waals surface area contributed by atoms with E-state index in [1.165, 1.54) is 17.5 Å². The van der Waals surface area contributed by atoms with Crippen molar-refractivity contribution in [3.8, 4) is 5.75 Å². The van der Waals surface area contributed by atoms with E-state index in [4.69, 9.17) is 9.84 Å². The van der Waals surface area contributed by atoms with Crippen molar-refractivity contribution in [3.05, 3.63) is 59.2 Å². The normalized spacial score (nSPS) is 12.5. The molecule has 0 atom stereocenters. The lowest BCUT2D eigenvalue weighted by Gasteiger charge is -2.09. The van der Waals surface area contributed by atoms with Crippen LogP contribution in [0.1, 0.15) is 23.1 Å². The van der Waals surface area contributed by atoms with E-state index < -0.39 is 12.6 Å². The molecule has 0 saturated heterocycles. The second-order valence-electron chi connectivity index (χ2n) is 5.89. The lowest BCUT2D eigenvalue weighted by molar-refractivity contribution is -0.139. The first-order valence-electron chi connectivity index (χ1n) is 7.95. The van der Waals surface area contributed by atoms with Crippen LogP contribution in [0.5, 0.6) is 5.75 Å². The molecule has 0 radical (unpaired) electrons. The Hall–Kier alpha value is -2.82. The van der Waals surface area contributed by atoms with E-state index in [1.54, 1.807) is 24.3 Å². The zero-order chi connectivity index (χ0) is 16.9. The number of carbonyl (C=O) groups excluding carboxylic acids is 1. The van der Waals surface area contributed by atoms with Gasteiger partial charge in [0.2, 0.25) is 5.91 Å². The van der Waals surface area contributed by atoms with Crippen molar-refractivity contribution in [1.82, 2.24) is 0 Å². The van der Waals surface area contributed by atoms with E-state index in [9.17, 15) is 9.59 Å². The van der Waals surface area contributed by atoms with Crippen molar-refractivity contribution in [2.24, 2.45) is 0 Å². The number of fused-ring (bicyclic) bond motifs is 1. The van der Waals surface area contributed by atoms with Gasteiger partial charge in [-0.25, -0.2) is 4.79 Å². The molecule has 1 aliphatic rings. The standard InChI is InChI=1S/C19H19NO4/c21-18(10-13-7-8-14-3-1-4-15(14)9-13)20-16-5-2-6-17(11-16)24-12-19(22)23/h2,5-9,11H,1,3-4,10,12H2,(H,20,21)(H,22,23). The van der Waals surface area contributed by atoms with Gasteiger partial charge >= 0.3 is 5.97 Å². The average molecular weight is 325 g/mol. The van der Waals surface area contributed by atoms with Crippen molar-refractivity contribution in [2.45, 2.75) is 25.7 Å². The predicted octanol–water partition coefficient (Wildman–Crippen LogP) is 2.82. The molecule has 0 aromatic heterocycles. The third-order valence-electron chi connectivity index (χ3n) is 4.01. The van der Waals surface area contributed by atoms with Gasteiger partial charge in [-0.2, -0.15) is 0 Å². The summed E-state index contributed by atoms with van der Waals surface area (Å²) >= 11 is 0. The van der Waals surface area contributed by atoms with Crippen LogP contribution in [0.15, 0.2) is 42.5 Å². The van der Waals surface area contributed by atoms with E-state index in [1.807, 2.05) is 6.07 Å². The van der Waals surface area contributed by atoms with E-state index in [0.717, 1.165) is 18.4 Å². The van der Waals surface area contributed by atoms with Crippen molar-refractivity contribution < 1.29 is 19.4 Å². The van der Waals surface area contributed by atoms with Gasteiger partial charge in [-0.15, -0.1) is 0 Å². The molecule has 0 bridgehead atoms. The summed E-state index contributed by atoms with van der Waals surface area (Å²) in [5.41, 5.74) is 4.34. The van der Waals surface area contributed by atoms with Crippen LogP contribution in [0, 0.1) is 0 Å². The molecule has 0 heterocycles. The topological polar surface area (TPSA) is 75.6 Å². The Morgan fingerprint density at radius 1 is 1.08 bits per heavy atom. The number of aryl methyl sites for hydroxylation is 2. The Bertz CT molecular complexity index is 770. The highest BCUT2D eigenvalue weighted by Crippen LogP contribution is 2.23. The number of anilines is 1. The molecule has 0 saturated carbocycles. The van der Waals surface area contributed by atoms with Gasteiger partial charge in [-0.05, 0) is 48.1 Å². The third kappa shape index (κ3) is 4.13. The summed E-state index contributed by atoms with van der Waals surface area (Å²) in [4.78, 5) is 22.7. The number of nitrogens with one attached hydrogen (secondary N) is 1. The van der Waals surface area contributed by atoms with E-state index in [2.05, 4.69) is 17.4 Å². The lowest BCUT2D eigenvalue weighted by atomic mass is 10.0. The van der Waals surface area contributed by atoms with Crippen LogP contribution in [0.25, 0.3) is 0 Å². The molecule has 24 heavy (non-hydrogen) atoms. The van der Waals surface area contributed by atoms with Crippen LogP contribution >= 0.6 is 0 Å². The van der Waals surface area contributed by atoms with Crippen LogP contribution in [0.4, 0.5) is 5.69 Å². The Kier molecular flexibility index (Phi) is 4.79. The van der Waals surface area contributed by atoms with E-state index in [0.29, 0.717) is 17.9 Å². The fourth-order valence-electron chi connectivity index (χ4n) is 2.93. The number of rotatable bonds is 6. The average Bonchev–Trinajstić information content (AvgIpc) is 3.01. The molecule has 1 aliphatic carbocycles. The Morgan fingerprint density at radius 2 is 1.92 bits per heavy atom. The number of amides is 1. The number of ether oxygens (including phenoxy) is 1. The Morgan fingerprint density at radius 3 is 2.75 bits per heavy atom. The van der Waals surface area contributed by atoms with Crippen LogP contribution in [0.3, 0.4) is 0 Å². The molecule has 124 valence electrons. The highest BCUT2D eigenvalue weighted by Gasteiger charge is 2.12. The smallest absolute Gasteiger partial charge is 0.341 e. The fraction of sp³-hybridized carbons (Fsp3) is 0.263. The second kappa shape index (κ2) is 7.17. The highest BCUT2D eigenvalue weighted by atomic mass is 16.5. The molecule has 0 fully saturated rings. The molecule has 2 aromatic rings. The Labute approximate surface area is 140 Å². The largest absolute Gasteiger partial charge is 0.482 e. The van der Waals surface area contributed by atoms with Crippen molar-refractivity contribution in [1.29, 1.82) is 0 Å². The summed E-state index contributed by atoms with van der Waals surface area (Å²) in [7, 11) is 0. The number of benzene rings is 2. The van der Waals surface area contributed by atoms with E-state index in [-0.39, 0.29) is 5.91 Å². The van der Waals surface area contributed by atoms with Crippen LogP contribution < -0.4 is 10.1 Å². The molecule has 0 spiro atoms. The number of hydrogen-bond acceptors (Lipinski definition) is 3. The SMILES string of the molecule is O=C(O)COc1cccc(NC(=O)Cc2ccc3c(c2)CCC3)c1. The molecule has 5 heteroatoms. The maximum absolute atomic E-state index is 12.2. The van der Waals surface area contributed by atoms with Gasteiger partial charge in [-0.3, -0.25) is 4.79 Å². The van der Waals surface area contributed by atoms with E-state index >= 15 is 0 Å². The number of carbonyl (C=O) groups is 2. The number of carboxylic acids is 1. The molecule has 0 aliphatic heterocycles. The molecule has 5 nitrogen and oxygen atoms in total. The summed E-state index contributed by atoms with van der Waals surface area (Å²) in [6, 6.07) is 13.0. The number of hydrogen-bond donors (Lipinski definition) is 2. The first-order valence-corrected chi connectivity index (χ1v) is 7.95. The minimum absolute atomic E-state index is 0.108. The van der Waals surface area contributed by atoms with Crippen LogP contribution in [-0.4, -0.2) is 23.6 Å². The molecule has 1 amide bonds. The maximum Gasteiger partial charge on any atom is 0.341 e. The zero-order valence-corrected chi connectivity index (χ0v) is 13.2. The summed E-state index contributed by atoms with van der Waals surface area (Å²) in [5, 5.41) is 11.4. The first kappa shape index (κ1) is 16.1. The number of aliphatic carboxylic acids is 1. The fourth-order valence-corrected chi connectivity index (χ4v) is 2.93. The minimum Gasteiger partial charge on any atom is -0.482 e. The maximum atomic E-state index is 12.2. The molecular weight excluding hydrogens is 306 g/mol. The molecule has 3 rings (SSSR count). The molecule has 0 unspecified atom stereocenters. The van der Waals surface area contributed by atoms with Gasteiger partial charge in [0.25, 0.3) is 0 Å². The lowest BCUT2D eigenvalue weighted by Crippen LogP contribution is -2.15. The first-order chi connectivity index (χ1) is 11.6. The summed E-state index contributed by atoms with van der Waals surface area (Å²) in [6.07, 6.45) is 3.72. The molecule has 2 N–H and O–H groups in total. The summed E-state index contributed by atoms with van der Waals surface area (Å²) in [6.45, 7) is -0.410. The zero-order valence-electron chi connectivity index (χ0n) is 13.2.